The molecule has 2 aromatic carbocycles. The first-order valence-corrected chi connectivity index (χ1v) is 7.80. The number of aryl methyl sites for hydroxylation is 1. The Morgan fingerprint density at radius 1 is 1.24 bits per heavy atom. The van der Waals surface area contributed by atoms with Crippen LogP contribution in [0.15, 0.2) is 46.9 Å². The summed E-state index contributed by atoms with van der Waals surface area (Å²) in [5, 5.41) is 6.29. The number of halogens is 1. The van der Waals surface area contributed by atoms with Gasteiger partial charge in [0.2, 0.25) is 5.91 Å². The predicted molar refractivity (Wildman–Crippen MR) is 88.3 cm³/mol. The topological polar surface area (TPSA) is 41.1 Å². The number of fused-ring (bicyclic) bond motifs is 1. The van der Waals surface area contributed by atoms with Gasteiger partial charge < -0.3 is 10.6 Å². The minimum atomic E-state index is -0.177. The largest absolute Gasteiger partial charge is 0.325 e. The smallest absolute Gasteiger partial charge is 0.241 e. The number of hydrogen-bond donors (Lipinski definition) is 2. The Kier molecular flexibility index (Phi) is 4.08. The van der Waals surface area contributed by atoms with Crippen molar-refractivity contribution in [2.45, 2.75) is 25.9 Å². The van der Waals surface area contributed by atoms with Crippen molar-refractivity contribution in [2.24, 2.45) is 0 Å². The summed E-state index contributed by atoms with van der Waals surface area (Å²) in [6.07, 6.45) is 0.734. The molecule has 1 atom stereocenters. The normalized spacial score (nSPS) is 17.1. The summed E-state index contributed by atoms with van der Waals surface area (Å²) >= 11 is 3.47. The summed E-state index contributed by atoms with van der Waals surface area (Å²) in [4.78, 5) is 12.4. The number of benzene rings is 2. The van der Waals surface area contributed by atoms with Crippen molar-refractivity contribution in [2.75, 3.05) is 5.32 Å². The molecule has 0 unspecified atom stereocenters. The van der Waals surface area contributed by atoms with Gasteiger partial charge in [-0.15, -0.1) is 0 Å². The van der Waals surface area contributed by atoms with Crippen molar-refractivity contribution < 1.29 is 4.79 Å². The van der Waals surface area contributed by atoms with Gasteiger partial charge in [0, 0.05) is 16.7 Å². The molecule has 0 bridgehead atoms. The van der Waals surface area contributed by atoms with E-state index in [-0.39, 0.29) is 11.9 Å². The van der Waals surface area contributed by atoms with Gasteiger partial charge in [0.05, 0.1) is 6.04 Å². The van der Waals surface area contributed by atoms with Crippen LogP contribution in [0.1, 0.15) is 16.7 Å². The summed E-state index contributed by atoms with van der Waals surface area (Å²) in [6.45, 7) is 2.75. The number of hydrogen-bond acceptors (Lipinski definition) is 2. The molecule has 3 nitrogen and oxygen atoms in total. The molecule has 0 saturated heterocycles. The molecule has 1 aliphatic heterocycles. The predicted octanol–water partition coefficient (Wildman–Crippen LogP) is 3.41. The lowest BCUT2D eigenvalue weighted by Crippen LogP contribution is -2.44. The molecule has 3 rings (SSSR count). The van der Waals surface area contributed by atoms with Crippen molar-refractivity contribution in [3.8, 4) is 0 Å². The van der Waals surface area contributed by atoms with Crippen LogP contribution >= 0.6 is 15.9 Å². The highest BCUT2D eigenvalue weighted by atomic mass is 79.9. The van der Waals surface area contributed by atoms with Crippen LogP contribution in [0.3, 0.4) is 0 Å². The molecule has 0 fully saturated rings. The van der Waals surface area contributed by atoms with Crippen LogP contribution in [0.25, 0.3) is 0 Å². The summed E-state index contributed by atoms with van der Waals surface area (Å²) in [5.74, 6) is 0.0197. The zero-order chi connectivity index (χ0) is 14.8. The fourth-order valence-electron chi connectivity index (χ4n) is 2.59. The zero-order valence-electron chi connectivity index (χ0n) is 11.8. The van der Waals surface area contributed by atoms with Crippen LogP contribution in [-0.4, -0.2) is 11.9 Å². The summed E-state index contributed by atoms with van der Waals surface area (Å²) < 4.78 is 1.05. The van der Waals surface area contributed by atoms with Crippen LogP contribution in [0.2, 0.25) is 0 Å². The molecule has 2 N–H and O–H groups in total. The molecule has 0 spiro atoms. The molecule has 0 aromatic heterocycles. The van der Waals surface area contributed by atoms with Crippen LogP contribution in [-0.2, 0) is 17.8 Å². The van der Waals surface area contributed by atoms with E-state index in [9.17, 15) is 4.79 Å². The van der Waals surface area contributed by atoms with Gasteiger partial charge in [-0.3, -0.25) is 4.79 Å². The summed E-state index contributed by atoms with van der Waals surface area (Å²) in [7, 11) is 0. The lowest BCUT2D eigenvalue weighted by molar-refractivity contribution is -0.118. The average molecular weight is 345 g/mol. The van der Waals surface area contributed by atoms with Crippen molar-refractivity contribution in [1.82, 2.24) is 5.32 Å². The summed E-state index contributed by atoms with van der Waals surface area (Å²) in [6, 6.07) is 13.9. The number of amides is 1. The molecule has 4 heteroatoms. The third-order valence-electron chi connectivity index (χ3n) is 3.82. The highest BCUT2D eigenvalue weighted by Crippen LogP contribution is 2.21. The van der Waals surface area contributed by atoms with E-state index in [0.29, 0.717) is 0 Å². The lowest BCUT2D eigenvalue weighted by atomic mass is 9.95. The van der Waals surface area contributed by atoms with E-state index < -0.39 is 0 Å². The highest BCUT2D eigenvalue weighted by molar-refractivity contribution is 9.10. The summed E-state index contributed by atoms with van der Waals surface area (Å²) in [5.41, 5.74) is 4.47. The van der Waals surface area contributed by atoms with Gasteiger partial charge in [-0.2, -0.15) is 0 Å². The highest BCUT2D eigenvalue weighted by Gasteiger charge is 2.23. The molecule has 1 amide bonds. The van der Waals surface area contributed by atoms with Crippen molar-refractivity contribution in [3.05, 3.63) is 63.6 Å². The van der Waals surface area contributed by atoms with Crippen molar-refractivity contribution >= 4 is 27.5 Å². The second-order valence-corrected chi connectivity index (χ2v) is 6.21. The fraction of sp³-hybridized carbons (Fsp3) is 0.235. The van der Waals surface area contributed by atoms with Crippen LogP contribution < -0.4 is 10.6 Å². The maximum absolute atomic E-state index is 12.4. The quantitative estimate of drug-likeness (QED) is 0.876. The first kappa shape index (κ1) is 14.3. The minimum absolute atomic E-state index is 0.0197. The van der Waals surface area contributed by atoms with Crippen LogP contribution in [0.5, 0.6) is 0 Å². The van der Waals surface area contributed by atoms with Gasteiger partial charge in [0.15, 0.2) is 0 Å². The van der Waals surface area contributed by atoms with E-state index in [0.717, 1.165) is 28.7 Å². The molecule has 0 aliphatic carbocycles. The van der Waals surface area contributed by atoms with Crippen molar-refractivity contribution in [3.63, 3.8) is 0 Å². The van der Waals surface area contributed by atoms with Crippen molar-refractivity contribution in [1.29, 1.82) is 0 Å². The van der Waals surface area contributed by atoms with E-state index in [4.69, 9.17) is 0 Å². The monoisotopic (exact) mass is 344 g/mol. The third-order valence-corrected chi connectivity index (χ3v) is 4.71. The molecular formula is C17H17BrN2O. The standard InChI is InChI=1S/C17H17BrN2O/c1-11-8-14(6-7-15(11)18)20-17(21)16-9-12-4-2-3-5-13(12)10-19-16/h2-8,16,19H,9-10H2,1H3,(H,20,21)/t16-/m1/s1. The first-order valence-electron chi connectivity index (χ1n) is 7.00. The molecule has 1 heterocycles. The SMILES string of the molecule is Cc1cc(NC(=O)[C@H]2Cc3ccccc3CN2)ccc1Br. The Morgan fingerprint density at radius 2 is 2.00 bits per heavy atom. The third kappa shape index (κ3) is 3.17. The molecule has 1 aliphatic rings. The zero-order valence-corrected chi connectivity index (χ0v) is 13.4. The Hall–Kier alpha value is -1.65. The molecule has 108 valence electrons. The molecule has 0 saturated carbocycles. The second kappa shape index (κ2) is 6.00. The van der Waals surface area contributed by atoms with E-state index in [1.165, 1.54) is 11.1 Å². The first-order chi connectivity index (χ1) is 10.1. The maximum Gasteiger partial charge on any atom is 0.241 e. The Balaban J connectivity index is 1.70. The van der Waals surface area contributed by atoms with Gasteiger partial charge >= 0.3 is 0 Å². The Labute approximate surface area is 132 Å². The molecule has 2 aromatic rings. The van der Waals surface area contributed by atoms with E-state index in [2.05, 4.69) is 38.7 Å². The van der Waals surface area contributed by atoms with Gasteiger partial charge in [-0.25, -0.2) is 0 Å². The fourth-order valence-corrected chi connectivity index (χ4v) is 2.84. The average Bonchev–Trinajstić information content (AvgIpc) is 2.50. The molecule has 0 radical (unpaired) electrons. The van der Waals surface area contributed by atoms with E-state index in [1.807, 2.05) is 37.3 Å². The Morgan fingerprint density at radius 3 is 2.76 bits per heavy atom. The number of carbonyl (C=O) groups is 1. The van der Waals surface area contributed by atoms with E-state index >= 15 is 0 Å². The number of anilines is 1. The number of carbonyl (C=O) groups excluding carboxylic acids is 1. The maximum atomic E-state index is 12.4. The lowest BCUT2D eigenvalue weighted by Gasteiger charge is -2.25. The van der Waals surface area contributed by atoms with Gasteiger partial charge in [-0.05, 0) is 48.2 Å². The second-order valence-electron chi connectivity index (χ2n) is 5.36. The van der Waals surface area contributed by atoms with Gasteiger partial charge in [0.1, 0.15) is 0 Å². The Bertz CT molecular complexity index is 684. The van der Waals surface area contributed by atoms with E-state index in [1.54, 1.807) is 0 Å². The van der Waals surface area contributed by atoms with Crippen LogP contribution in [0.4, 0.5) is 5.69 Å². The number of nitrogens with one attached hydrogen (secondary N) is 2. The van der Waals surface area contributed by atoms with Crippen LogP contribution in [0, 0.1) is 6.92 Å². The minimum Gasteiger partial charge on any atom is -0.325 e. The number of rotatable bonds is 2. The van der Waals surface area contributed by atoms with Gasteiger partial charge in [-0.1, -0.05) is 40.2 Å². The molecule has 21 heavy (non-hydrogen) atoms. The molecular weight excluding hydrogens is 328 g/mol. The van der Waals surface area contributed by atoms with Gasteiger partial charge in [0.25, 0.3) is 0 Å².